The highest BCUT2D eigenvalue weighted by molar-refractivity contribution is 7.92. The normalized spacial score (nSPS) is 20.4. The quantitative estimate of drug-likeness (QED) is 0.704. The topological polar surface area (TPSA) is 40.6 Å². The first-order valence-corrected chi connectivity index (χ1v) is 11.9. The Morgan fingerprint density at radius 3 is 2.69 bits per heavy atom. The molecule has 4 rings (SSSR count). The molecule has 0 N–H and O–H groups in total. The second kappa shape index (κ2) is 7.96. The van der Waals surface area contributed by atoms with Gasteiger partial charge in [-0.15, -0.1) is 0 Å². The van der Waals surface area contributed by atoms with Crippen LogP contribution in [-0.2, 0) is 16.4 Å². The number of hydrogen-bond donors (Lipinski definition) is 0. The Morgan fingerprint density at radius 2 is 1.86 bits per heavy atom. The minimum atomic E-state index is -3.62. The van der Waals surface area contributed by atoms with Crippen LogP contribution in [0.25, 0.3) is 0 Å². The standard InChI is InChI=1S/C24H30N2O2S/c1-18-12-13-21(22-9-4-5-14-25(3)17-22)16-23(18)29(27,28)26-15-7-11-20-10-6-8-19(2)24(20)26/h4,6,8-10,12-13,16,22H,5,7,11,14-15,17H2,1-3H3. The third kappa shape index (κ3) is 3.86. The van der Waals surface area contributed by atoms with Gasteiger partial charge in [-0.3, -0.25) is 4.31 Å². The van der Waals surface area contributed by atoms with Gasteiger partial charge in [0.2, 0.25) is 0 Å². The van der Waals surface area contributed by atoms with E-state index in [0.717, 1.165) is 60.3 Å². The molecular formula is C24H30N2O2S. The first-order valence-electron chi connectivity index (χ1n) is 10.4. The predicted octanol–water partition coefficient (Wildman–Crippen LogP) is 4.42. The van der Waals surface area contributed by atoms with Gasteiger partial charge in [0, 0.05) is 25.6 Å². The van der Waals surface area contributed by atoms with Gasteiger partial charge in [-0.25, -0.2) is 8.42 Å². The molecule has 0 saturated heterocycles. The van der Waals surface area contributed by atoms with Crippen LogP contribution in [0.5, 0.6) is 0 Å². The highest BCUT2D eigenvalue weighted by Crippen LogP contribution is 2.36. The monoisotopic (exact) mass is 410 g/mol. The fraction of sp³-hybridized carbons (Fsp3) is 0.417. The smallest absolute Gasteiger partial charge is 0.264 e. The molecule has 1 atom stereocenters. The van der Waals surface area contributed by atoms with Gasteiger partial charge in [-0.2, -0.15) is 0 Å². The van der Waals surface area contributed by atoms with E-state index in [-0.39, 0.29) is 5.92 Å². The van der Waals surface area contributed by atoms with E-state index in [0.29, 0.717) is 11.4 Å². The lowest BCUT2D eigenvalue weighted by atomic mass is 9.97. The number of likely N-dealkylation sites (N-methyl/N-ethyl adjacent to an activating group) is 1. The van der Waals surface area contributed by atoms with Gasteiger partial charge >= 0.3 is 0 Å². The molecular weight excluding hydrogens is 380 g/mol. The van der Waals surface area contributed by atoms with E-state index >= 15 is 0 Å². The van der Waals surface area contributed by atoms with Crippen molar-refractivity contribution in [2.24, 2.45) is 0 Å². The predicted molar refractivity (Wildman–Crippen MR) is 119 cm³/mol. The van der Waals surface area contributed by atoms with E-state index in [9.17, 15) is 8.42 Å². The van der Waals surface area contributed by atoms with Crippen molar-refractivity contribution in [1.82, 2.24) is 4.90 Å². The molecule has 0 spiro atoms. The van der Waals surface area contributed by atoms with Gasteiger partial charge in [0.05, 0.1) is 10.6 Å². The molecule has 0 amide bonds. The molecule has 1 unspecified atom stereocenters. The van der Waals surface area contributed by atoms with Crippen LogP contribution in [0.2, 0.25) is 0 Å². The van der Waals surface area contributed by atoms with Crippen LogP contribution in [-0.4, -0.2) is 40.0 Å². The van der Waals surface area contributed by atoms with Crippen LogP contribution in [0.15, 0.2) is 53.4 Å². The molecule has 0 fully saturated rings. The Hall–Kier alpha value is -2.11. The fourth-order valence-electron chi connectivity index (χ4n) is 4.55. The van der Waals surface area contributed by atoms with Gasteiger partial charge in [-0.05, 0) is 68.5 Å². The highest BCUT2D eigenvalue weighted by atomic mass is 32.2. The number of hydrogen-bond acceptors (Lipinski definition) is 3. The number of aryl methyl sites for hydroxylation is 3. The number of para-hydroxylation sites is 1. The van der Waals surface area contributed by atoms with E-state index in [1.54, 1.807) is 4.31 Å². The molecule has 2 aliphatic rings. The summed E-state index contributed by atoms with van der Waals surface area (Å²) in [5.41, 5.74) is 4.90. The molecule has 0 aliphatic carbocycles. The van der Waals surface area contributed by atoms with Gasteiger partial charge in [-0.1, -0.05) is 42.5 Å². The fourth-order valence-corrected chi connectivity index (χ4v) is 6.42. The summed E-state index contributed by atoms with van der Waals surface area (Å²) >= 11 is 0. The lowest BCUT2D eigenvalue weighted by molar-refractivity contribution is 0.339. The number of sulfonamides is 1. The third-order valence-corrected chi connectivity index (χ3v) is 8.08. The lowest BCUT2D eigenvalue weighted by Crippen LogP contribution is -2.36. The average Bonchev–Trinajstić information content (AvgIpc) is 2.92. The number of anilines is 1. The van der Waals surface area contributed by atoms with Crippen LogP contribution < -0.4 is 4.31 Å². The summed E-state index contributed by atoms with van der Waals surface area (Å²) in [6.45, 7) is 6.38. The molecule has 5 heteroatoms. The van der Waals surface area contributed by atoms with Crippen molar-refractivity contribution in [1.29, 1.82) is 0 Å². The zero-order valence-electron chi connectivity index (χ0n) is 17.6. The van der Waals surface area contributed by atoms with Crippen molar-refractivity contribution in [2.45, 2.75) is 43.9 Å². The zero-order valence-corrected chi connectivity index (χ0v) is 18.4. The Morgan fingerprint density at radius 1 is 1.03 bits per heavy atom. The van der Waals surface area contributed by atoms with E-state index < -0.39 is 10.0 Å². The average molecular weight is 411 g/mol. The van der Waals surface area contributed by atoms with E-state index in [1.807, 2.05) is 38.1 Å². The number of rotatable bonds is 3. The van der Waals surface area contributed by atoms with Gasteiger partial charge < -0.3 is 4.90 Å². The molecule has 29 heavy (non-hydrogen) atoms. The maximum absolute atomic E-state index is 13.8. The highest BCUT2D eigenvalue weighted by Gasteiger charge is 2.31. The van der Waals surface area contributed by atoms with Crippen LogP contribution in [0.4, 0.5) is 5.69 Å². The number of benzene rings is 2. The van der Waals surface area contributed by atoms with Crippen LogP contribution in [0.3, 0.4) is 0 Å². The molecule has 2 aromatic rings. The Kier molecular flexibility index (Phi) is 5.54. The molecule has 154 valence electrons. The maximum atomic E-state index is 13.8. The third-order valence-electron chi connectivity index (χ3n) is 6.14. The lowest BCUT2D eigenvalue weighted by Gasteiger charge is -2.32. The van der Waals surface area contributed by atoms with Crippen molar-refractivity contribution in [3.63, 3.8) is 0 Å². The first kappa shape index (κ1) is 20.2. The van der Waals surface area contributed by atoms with Crippen LogP contribution >= 0.6 is 0 Å². The summed E-state index contributed by atoms with van der Waals surface area (Å²) in [6, 6.07) is 12.0. The van der Waals surface area contributed by atoms with Crippen LogP contribution in [0.1, 0.15) is 41.0 Å². The summed E-state index contributed by atoms with van der Waals surface area (Å²) in [4.78, 5) is 2.74. The van der Waals surface area contributed by atoms with Crippen molar-refractivity contribution in [3.8, 4) is 0 Å². The summed E-state index contributed by atoms with van der Waals surface area (Å²) in [5, 5.41) is 0. The molecule has 2 heterocycles. The Labute approximate surface area is 174 Å². The number of fused-ring (bicyclic) bond motifs is 1. The molecule has 4 nitrogen and oxygen atoms in total. The molecule has 0 aromatic heterocycles. The second-order valence-electron chi connectivity index (χ2n) is 8.37. The molecule has 0 bridgehead atoms. The SMILES string of the molecule is Cc1ccc(C2C=CCCN(C)C2)cc1S(=O)(=O)N1CCCc2cccc(C)c21. The van der Waals surface area contributed by atoms with Gasteiger partial charge in [0.15, 0.2) is 0 Å². The largest absolute Gasteiger partial charge is 0.305 e. The van der Waals surface area contributed by atoms with Crippen molar-refractivity contribution in [2.75, 3.05) is 31.0 Å². The van der Waals surface area contributed by atoms with Crippen LogP contribution in [0, 0.1) is 13.8 Å². The maximum Gasteiger partial charge on any atom is 0.264 e. The summed E-state index contributed by atoms with van der Waals surface area (Å²) in [6.07, 6.45) is 7.26. The molecule has 0 saturated carbocycles. The van der Waals surface area contributed by atoms with Crippen molar-refractivity contribution >= 4 is 15.7 Å². The minimum Gasteiger partial charge on any atom is -0.305 e. The van der Waals surface area contributed by atoms with E-state index in [1.165, 1.54) is 0 Å². The van der Waals surface area contributed by atoms with E-state index in [2.05, 4.69) is 36.2 Å². The Bertz CT molecular complexity index is 1040. The first-order chi connectivity index (χ1) is 13.9. The van der Waals surface area contributed by atoms with Gasteiger partial charge in [0.1, 0.15) is 0 Å². The van der Waals surface area contributed by atoms with Crippen molar-refractivity contribution in [3.05, 3.63) is 70.8 Å². The summed E-state index contributed by atoms with van der Waals surface area (Å²) in [7, 11) is -1.49. The molecule has 2 aromatic carbocycles. The van der Waals surface area contributed by atoms with E-state index in [4.69, 9.17) is 0 Å². The second-order valence-corrected chi connectivity index (χ2v) is 10.2. The summed E-state index contributed by atoms with van der Waals surface area (Å²) < 4.78 is 29.2. The molecule has 2 aliphatic heterocycles. The zero-order chi connectivity index (χ0) is 20.6. The molecule has 0 radical (unpaired) electrons. The van der Waals surface area contributed by atoms with Gasteiger partial charge in [0.25, 0.3) is 10.0 Å². The minimum absolute atomic E-state index is 0.215. The van der Waals surface area contributed by atoms with Crippen molar-refractivity contribution < 1.29 is 8.42 Å². The number of nitrogens with zero attached hydrogens (tertiary/aromatic N) is 2. The Balaban J connectivity index is 1.77. The summed E-state index contributed by atoms with van der Waals surface area (Å²) in [5.74, 6) is 0.215.